The molecule has 4 heteroatoms. The van der Waals surface area contributed by atoms with Gasteiger partial charge in [0.1, 0.15) is 23.7 Å². The second-order valence-electron chi connectivity index (χ2n) is 7.15. The minimum absolute atomic E-state index is 0.370. The monoisotopic (exact) mass is 400 g/mol. The Labute approximate surface area is 175 Å². The van der Waals surface area contributed by atoms with Crippen molar-refractivity contribution in [1.29, 1.82) is 0 Å². The summed E-state index contributed by atoms with van der Waals surface area (Å²) >= 11 is 0. The summed E-state index contributed by atoms with van der Waals surface area (Å²) in [6.45, 7) is 2.51. The van der Waals surface area contributed by atoms with Crippen molar-refractivity contribution in [2.24, 2.45) is 0 Å². The van der Waals surface area contributed by atoms with Gasteiger partial charge in [-0.15, -0.1) is 0 Å². The number of ether oxygens (including phenoxy) is 2. The Kier molecular flexibility index (Phi) is 5.84. The summed E-state index contributed by atoms with van der Waals surface area (Å²) in [4.78, 5) is 12.2. The fraction of sp³-hybridized carbons (Fsp3) is 0.192. The van der Waals surface area contributed by atoms with Gasteiger partial charge >= 0.3 is 5.63 Å². The van der Waals surface area contributed by atoms with Crippen LogP contribution in [0.5, 0.6) is 11.5 Å². The molecule has 3 aromatic carbocycles. The molecule has 30 heavy (non-hydrogen) atoms. The van der Waals surface area contributed by atoms with E-state index in [1.54, 1.807) is 13.2 Å². The molecule has 0 atom stereocenters. The van der Waals surface area contributed by atoms with E-state index in [4.69, 9.17) is 13.9 Å². The van der Waals surface area contributed by atoms with Crippen molar-refractivity contribution >= 4 is 11.0 Å². The van der Waals surface area contributed by atoms with Crippen LogP contribution in [-0.2, 0) is 13.0 Å². The first-order chi connectivity index (χ1) is 14.7. The molecule has 0 saturated carbocycles. The van der Waals surface area contributed by atoms with Crippen molar-refractivity contribution in [3.05, 3.63) is 94.3 Å². The second-order valence-corrected chi connectivity index (χ2v) is 7.15. The topological polar surface area (TPSA) is 48.7 Å². The number of para-hydroxylation sites is 1. The molecular weight excluding hydrogens is 376 g/mol. The van der Waals surface area contributed by atoms with E-state index in [0.717, 1.165) is 52.0 Å². The van der Waals surface area contributed by atoms with Crippen LogP contribution in [0.3, 0.4) is 0 Å². The highest BCUT2D eigenvalue weighted by atomic mass is 16.5. The fourth-order valence-electron chi connectivity index (χ4n) is 3.67. The molecule has 0 saturated heterocycles. The van der Waals surface area contributed by atoms with Gasteiger partial charge in [0.05, 0.1) is 7.11 Å². The van der Waals surface area contributed by atoms with Gasteiger partial charge < -0.3 is 13.9 Å². The van der Waals surface area contributed by atoms with E-state index in [9.17, 15) is 4.79 Å². The lowest BCUT2D eigenvalue weighted by atomic mass is 9.98. The maximum absolute atomic E-state index is 12.2. The van der Waals surface area contributed by atoms with Gasteiger partial charge in [-0.2, -0.15) is 0 Å². The Hall–Kier alpha value is -3.53. The molecule has 0 radical (unpaired) electrons. The van der Waals surface area contributed by atoms with E-state index in [1.807, 2.05) is 60.7 Å². The fourth-order valence-corrected chi connectivity index (χ4v) is 3.67. The van der Waals surface area contributed by atoms with Crippen molar-refractivity contribution in [3.8, 4) is 22.6 Å². The second kappa shape index (κ2) is 8.87. The third kappa shape index (κ3) is 4.08. The molecule has 4 nitrogen and oxygen atoms in total. The standard InChI is InChI=1S/C26H24O4/c1-3-9-19-14-22-21(18-10-5-4-6-11-18)15-26(27)30-25(22)16-24(19)29-17-20-12-7-8-13-23(20)28-2/h4-8,10-16H,3,9,17H2,1-2H3. The van der Waals surface area contributed by atoms with Crippen molar-refractivity contribution in [2.75, 3.05) is 7.11 Å². The number of rotatable bonds is 7. The molecule has 152 valence electrons. The van der Waals surface area contributed by atoms with Gasteiger partial charge in [-0.3, -0.25) is 0 Å². The molecule has 0 fully saturated rings. The summed E-state index contributed by atoms with van der Waals surface area (Å²) in [7, 11) is 1.65. The van der Waals surface area contributed by atoms with E-state index in [1.165, 1.54) is 0 Å². The normalized spacial score (nSPS) is 10.9. The van der Waals surface area contributed by atoms with Gasteiger partial charge in [-0.1, -0.05) is 61.9 Å². The zero-order chi connectivity index (χ0) is 20.9. The molecule has 0 aliphatic carbocycles. The number of hydrogen-bond acceptors (Lipinski definition) is 4. The van der Waals surface area contributed by atoms with Gasteiger partial charge in [0.15, 0.2) is 0 Å². The lowest BCUT2D eigenvalue weighted by Crippen LogP contribution is -2.03. The molecule has 0 aliphatic heterocycles. The third-order valence-corrected chi connectivity index (χ3v) is 5.11. The summed E-state index contributed by atoms with van der Waals surface area (Å²) < 4.78 is 17.1. The minimum Gasteiger partial charge on any atom is -0.496 e. The van der Waals surface area contributed by atoms with Crippen LogP contribution in [-0.4, -0.2) is 7.11 Å². The third-order valence-electron chi connectivity index (χ3n) is 5.11. The molecule has 0 bridgehead atoms. The molecule has 0 unspecified atom stereocenters. The van der Waals surface area contributed by atoms with E-state index in [-0.39, 0.29) is 5.63 Å². The highest BCUT2D eigenvalue weighted by Gasteiger charge is 2.14. The molecule has 1 heterocycles. The van der Waals surface area contributed by atoms with Gasteiger partial charge in [-0.05, 0) is 35.2 Å². The highest BCUT2D eigenvalue weighted by molar-refractivity contribution is 5.94. The lowest BCUT2D eigenvalue weighted by molar-refractivity contribution is 0.293. The Balaban J connectivity index is 1.78. The largest absolute Gasteiger partial charge is 0.496 e. The molecule has 4 aromatic rings. The molecule has 4 rings (SSSR count). The van der Waals surface area contributed by atoms with Crippen LogP contribution in [0.1, 0.15) is 24.5 Å². The van der Waals surface area contributed by atoms with Gasteiger partial charge in [-0.25, -0.2) is 4.79 Å². The summed E-state index contributed by atoms with van der Waals surface area (Å²) in [6, 6.07) is 23.2. The van der Waals surface area contributed by atoms with Crippen molar-refractivity contribution in [1.82, 2.24) is 0 Å². The number of hydrogen-bond donors (Lipinski definition) is 0. The van der Waals surface area contributed by atoms with Crippen molar-refractivity contribution in [2.45, 2.75) is 26.4 Å². The Morgan fingerprint density at radius 1 is 0.867 bits per heavy atom. The molecular formula is C26H24O4. The summed E-state index contributed by atoms with van der Waals surface area (Å²) in [5, 5.41) is 0.911. The van der Waals surface area contributed by atoms with Crippen LogP contribution < -0.4 is 15.1 Å². The summed E-state index contributed by atoms with van der Waals surface area (Å²) in [5.74, 6) is 1.51. The van der Waals surface area contributed by atoms with Crippen LogP contribution in [0.2, 0.25) is 0 Å². The summed E-state index contributed by atoms with van der Waals surface area (Å²) in [6.07, 6.45) is 1.85. The molecule has 0 aliphatic rings. The Bertz CT molecular complexity index is 1210. The van der Waals surface area contributed by atoms with Crippen molar-refractivity contribution in [3.63, 3.8) is 0 Å². The highest BCUT2D eigenvalue weighted by Crippen LogP contribution is 2.33. The van der Waals surface area contributed by atoms with Gasteiger partial charge in [0, 0.05) is 23.1 Å². The van der Waals surface area contributed by atoms with Crippen LogP contribution >= 0.6 is 0 Å². The van der Waals surface area contributed by atoms with Gasteiger partial charge in [0.25, 0.3) is 0 Å². The predicted octanol–water partition coefficient (Wildman–Crippen LogP) is 6.00. The zero-order valence-electron chi connectivity index (χ0n) is 17.2. The van der Waals surface area contributed by atoms with E-state index < -0.39 is 0 Å². The number of fused-ring (bicyclic) bond motifs is 1. The van der Waals surface area contributed by atoms with Crippen LogP contribution in [0.25, 0.3) is 22.1 Å². The first-order valence-corrected chi connectivity index (χ1v) is 10.1. The smallest absolute Gasteiger partial charge is 0.336 e. The zero-order valence-corrected chi connectivity index (χ0v) is 17.2. The maximum Gasteiger partial charge on any atom is 0.336 e. The Morgan fingerprint density at radius 3 is 2.40 bits per heavy atom. The lowest BCUT2D eigenvalue weighted by Gasteiger charge is -2.15. The minimum atomic E-state index is -0.375. The Morgan fingerprint density at radius 2 is 1.63 bits per heavy atom. The van der Waals surface area contributed by atoms with Gasteiger partial charge in [0.2, 0.25) is 0 Å². The molecule has 1 aromatic heterocycles. The first kappa shape index (κ1) is 19.8. The predicted molar refractivity (Wildman–Crippen MR) is 119 cm³/mol. The quantitative estimate of drug-likeness (QED) is 0.357. The molecule has 0 spiro atoms. The average molecular weight is 400 g/mol. The van der Waals surface area contributed by atoms with E-state index in [2.05, 4.69) is 13.0 Å². The molecule has 0 N–H and O–H groups in total. The summed E-state index contributed by atoms with van der Waals surface area (Å²) in [5.41, 5.74) is 4.06. The van der Waals surface area contributed by atoms with Crippen LogP contribution in [0.15, 0.2) is 82.0 Å². The van der Waals surface area contributed by atoms with Crippen molar-refractivity contribution < 1.29 is 13.9 Å². The number of methoxy groups -OCH3 is 1. The number of aryl methyl sites for hydroxylation is 1. The van der Waals surface area contributed by atoms with Crippen LogP contribution in [0, 0.1) is 0 Å². The van der Waals surface area contributed by atoms with E-state index >= 15 is 0 Å². The molecule has 0 amide bonds. The average Bonchev–Trinajstić information content (AvgIpc) is 2.78. The maximum atomic E-state index is 12.2. The first-order valence-electron chi connectivity index (χ1n) is 10.1. The van der Waals surface area contributed by atoms with Crippen LogP contribution in [0.4, 0.5) is 0 Å². The van der Waals surface area contributed by atoms with E-state index in [0.29, 0.717) is 12.2 Å². The SMILES string of the molecule is CCCc1cc2c(-c3ccccc3)cc(=O)oc2cc1OCc1ccccc1OC. The number of benzene rings is 3.